The first-order chi connectivity index (χ1) is 12.6. The van der Waals surface area contributed by atoms with Gasteiger partial charge in [-0.2, -0.15) is 5.01 Å². The van der Waals surface area contributed by atoms with Gasteiger partial charge in [-0.15, -0.1) is 5.10 Å². The molecule has 4 heterocycles. The molecule has 0 spiro atoms. The summed E-state index contributed by atoms with van der Waals surface area (Å²) in [7, 11) is 2.02. The SMILES string of the molecule is Cc1ncc(C)n2nc(/C=C/C3N=C(N4CC5CCC5C4)NN3C)nc12. The van der Waals surface area contributed by atoms with Crippen LogP contribution in [0.15, 0.2) is 17.3 Å². The molecule has 3 aliphatic rings. The van der Waals surface area contributed by atoms with E-state index in [-0.39, 0.29) is 6.17 Å². The summed E-state index contributed by atoms with van der Waals surface area (Å²) in [5.74, 6) is 3.43. The van der Waals surface area contributed by atoms with E-state index in [1.165, 1.54) is 12.8 Å². The molecule has 0 bridgehead atoms. The molecule has 3 unspecified atom stereocenters. The summed E-state index contributed by atoms with van der Waals surface area (Å²) in [6.07, 6.45) is 8.50. The van der Waals surface area contributed by atoms with Gasteiger partial charge in [0, 0.05) is 26.3 Å². The van der Waals surface area contributed by atoms with E-state index in [4.69, 9.17) is 4.99 Å². The quantitative estimate of drug-likeness (QED) is 0.876. The minimum Gasteiger partial charge on any atom is -0.341 e. The van der Waals surface area contributed by atoms with Crippen LogP contribution in [0.1, 0.15) is 30.1 Å². The molecular formula is C18H24N8. The third kappa shape index (κ3) is 2.47. The maximum Gasteiger partial charge on any atom is 0.210 e. The minimum atomic E-state index is -0.0461. The third-order valence-electron chi connectivity index (χ3n) is 5.86. The number of aromatic nitrogens is 4. The summed E-state index contributed by atoms with van der Waals surface area (Å²) in [4.78, 5) is 16.2. The van der Waals surface area contributed by atoms with Crippen LogP contribution < -0.4 is 5.43 Å². The van der Waals surface area contributed by atoms with Crippen molar-refractivity contribution in [1.29, 1.82) is 0 Å². The van der Waals surface area contributed by atoms with Crippen molar-refractivity contribution < 1.29 is 0 Å². The number of likely N-dealkylation sites (tertiary alicyclic amines) is 1. The Kier molecular flexibility index (Phi) is 3.49. The molecule has 26 heavy (non-hydrogen) atoms. The number of nitrogens with zero attached hydrogens (tertiary/aromatic N) is 7. The average Bonchev–Trinajstić information content (AvgIpc) is 3.27. The fourth-order valence-electron chi connectivity index (χ4n) is 4.08. The molecule has 2 aromatic rings. The third-order valence-corrected chi connectivity index (χ3v) is 5.86. The largest absolute Gasteiger partial charge is 0.341 e. The second-order valence-electron chi connectivity index (χ2n) is 7.64. The van der Waals surface area contributed by atoms with Crippen LogP contribution >= 0.6 is 0 Å². The van der Waals surface area contributed by atoms with Gasteiger partial charge in [0.2, 0.25) is 5.96 Å². The van der Waals surface area contributed by atoms with Crippen LogP contribution in [0.4, 0.5) is 0 Å². The molecule has 1 saturated heterocycles. The van der Waals surface area contributed by atoms with E-state index >= 15 is 0 Å². The molecule has 8 heteroatoms. The molecule has 0 aromatic carbocycles. The number of hydrogen-bond acceptors (Lipinski definition) is 7. The Morgan fingerprint density at radius 1 is 1.19 bits per heavy atom. The summed E-state index contributed by atoms with van der Waals surface area (Å²) in [6, 6.07) is 0. The molecule has 2 aromatic heterocycles. The first-order valence-corrected chi connectivity index (χ1v) is 9.28. The maximum atomic E-state index is 4.85. The number of aliphatic imine (C=N–C) groups is 1. The van der Waals surface area contributed by atoms with Crippen LogP contribution in [0.3, 0.4) is 0 Å². The molecule has 2 aliphatic heterocycles. The van der Waals surface area contributed by atoms with Crippen molar-refractivity contribution in [1.82, 2.24) is 34.9 Å². The van der Waals surface area contributed by atoms with Gasteiger partial charge >= 0.3 is 0 Å². The highest BCUT2D eigenvalue weighted by molar-refractivity contribution is 5.81. The number of hydrogen-bond donors (Lipinski definition) is 1. The summed E-state index contributed by atoms with van der Waals surface area (Å²) < 4.78 is 1.84. The topological polar surface area (TPSA) is 74.0 Å². The Morgan fingerprint density at radius 2 is 1.96 bits per heavy atom. The zero-order valence-electron chi connectivity index (χ0n) is 15.4. The van der Waals surface area contributed by atoms with Crippen molar-refractivity contribution >= 4 is 17.7 Å². The van der Waals surface area contributed by atoms with Crippen molar-refractivity contribution in [3.05, 3.63) is 29.5 Å². The van der Waals surface area contributed by atoms with Gasteiger partial charge < -0.3 is 4.90 Å². The lowest BCUT2D eigenvalue weighted by molar-refractivity contribution is 0.243. The summed E-state index contributed by atoms with van der Waals surface area (Å²) in [5.41, 5.74) is 6.06. The van der Waals surface area contributed by atoms with Gasteiger partial charge in [0.25, 0.3) is 0 Å². The molecular weight excluding hydrogens is 328 g/mol. The zero-order valence-corrected chi connectivity index (χ0v) is 15.4. The molecule has 0 radical (unpaired) electrons. The van der Waals surface area contributed by atoms with E-state index < -0.39 is 0 Å². The summed E-state index contributed by atoms with van der Waals surface area (Å²) >= 11 is 0. The Labute approximate surface area is 152 Å². The lowest BCUT2D eigenvalue weighted by Crippen LogP contribution is -2.43. The van der Waals surface area contributed by atoms with Crippen molar-refractivity contribution in [3.8, 4) is 0 Å². The molecule has 3 atom stereocenters. The average molecular weight is 352 g/mol. The van der Waals surface area contributed by atoms with Crippen molar-refractivity contribution in [2.75, 3.05) is 20.1 Å². The predicted octanol–water partition coefficient (Wildman–Crippen LogP) is 1.23. The highest BCUT2D eigenvalue weighted by Gasteiger charge is 2.41. The molecule has 2 fully saturated rings. The first-order valence-electron chi connectivity index (χ1n) is 9.28. The second kappa shape index (κ2) is 5.77. The molecule has 8 nitrogen and oxygen atoms in total. The standard InChI is InChI=1S/C18H24N8/c1-11-8-19-12(2)17-20-15(22-26(11)17)6-7-16-21-18(23-24(16)3)25-9-13-4-5-14(13)10-25/h6-8,13-14,16H,4-5,9-10H2,1-3H3,(H,21,23)/b7-6+. The Bertz CT molecular complexity index is 862. The van der Waals surface area contributed by atoms with E-state index in [1.807, 2.05) is 48.8 Å². The highest BCUT2D eigenvalue weighted by Crippen LogP contribution is 2.40. The zero-order chi connectivity index (χ0) is 17.8. The molecule has 1 N–H and O–H groups in total. The number of aryl methyl sites for hydroxylation is 2. The Balaban J connectivity index is 1.35. The van der Waals surface area contributed by atoms with Crippen molar-refractivity contribution in [3.63, 3.8) is 0 Å². The van der Waals surface area contributed by atoms with E-state index in [2.05, 4.69) is 25.4 Å². The van der Waals surface area contributed by atoms with Crippen LogP contribution in [-0.4, -0.2) is 61.8 Å². The van der Waals surface area contributed by atoms with Gasteiger partial charge in [-0.3, -0.25) is 10.4 Å². The monoisotopic (exact) mass is 352 g/mol. The van der Waals surface area contributed by atoms with E-state index in [1.54, 1.807) is 0 Å². The Hall–Kier alpha value is -2.48. The normalized spacial score (nSPS) is 28.5. The number of likely N-dealkylation sites (N-methyl/N-ethyl adjacent to an activating group) is 1. The van der Waals surface area contributed by atoms with Gasteiger partial charge in [-0.1, -0.05) is 0 Å². The lowest BCUT2D eigenvalue weighted by atomic mass is 9.77. The van der Waals surface area contributed by atoms with Crippen LogP contribution in [-0.2, 0) is 0 Å². The molecule has 5 rings (SSSR count). The van der Waals surface area contributed by atoms with E-state index in [0.29, 0.717) is 5.82 Å². The lowest BCUT2D eigenvalue weighted by Gasteiger charge is -2.27. The van der Waals surface area contributed by atoms with Crippen LogP contribution in [0.5, 0.6) is 0 Å². The number of hydrazine groups is 1. The van der Waals surface area contributed by atoms with Crippen molar-refractivity contribution in [2.45, 2.75) is 32.9 Å². The van der Waals surface area contributed by atoms with Crippen LogP contribution in [0, 0.1) is 25.7 Å². The van der Waals surface area contributed by atoms with Gasteiger partial charge in [0.15, 0.2) is 11.5 Å². The van der Waals surface area contributed by atoms with Crippen LogP contribution in [0.2, 0.25) is 0 Å². The molecule has 0 amide bonds. The number of nitrogens with one attached hydrogen (secondary N) is 1. The minimum absolute atomic E-state index is 0.0461. The second-order valence-corrected chi connectivity index (χ2v) is 7.64. The fourth-order valence-corrected chi connectivity index (χ4v) is 4.08. The fraction of sp³-hybridized carbons (Fsp3) is 0.556. The highest BCUT2D eigenvalue weighted by atomic mass is 15.6. The van der Waals surface area contributed by atoms with E-state index in [9.17, 15) is 0 Å². The molecule has 1 saturated carbocycles. The summed E-state index contributed by atoms with van der Waals surface area (Å²) in [6.45, 7) is 6.21. The number of rotatable bonds is 2. The smallest absolute Gasteiger partial charge is 0.210 e. The number of fused-ring (bicyclic) bond motifs is 2. The predicted molar refractivity (Wildman–Crippen MR) is 99.2 cm³/mol. The van der Waals surface area contributed by atoms with Gasteiger partial charge in [0.05, 0.1) is 11.4 Å². The molecule has 1 aliphatic carbocycles. The maximum absolute atomic E-state index is 4.85. The molecule has 136 valence electrons. The summed E-state index contributed by atoms with van der Waals surface area (Å²) in [5, 5.41) is 6.59. The number of guanidine groups is 1. The van der Waals surface area contributed by atoms with Crippen LogP contribution in [0.25, 0.3) is 11.7 Å². The first kappa shape index (κ1) is 15.7. The van der Waals surface area contributed by atoms with E-state index in [0.717, 1.165) is 47.9 Å². The van der Waals surface area contributed by atoms with Gasteiger partial charge in [-0.25, -0.2) is 14.5 Å². The van der Waals surface area contributed by atoms with Gasteiger partial charge in [0.1, 0.15) is 6.17 Å². The van der Waals surface area contributed by atoms with Gasteiger partial charge in [-0.05, 0) is 50.7 Å². The Morgan fingerprint density at radius 3 is 2.65 bits per heavy atom. The van der Waals surface area contributed by atoms with Crippen molar-refractivity contribution in [2.24, 2.45) is 16.8 Å².